The third-order valence-corrected chi connectivity index (χ3v) is 3.01. The van der Waals surface area contributed by atoms with Crippen molar-refractivity contribution < 1.29 is 0 Å². The molecule has 0 aromatic carbocycles. The van der Waals surface area contributed by atoms with Crippen molar-refractivity contribution in [3.05, 3.63) is 0 Å². The van der Waals surface area contributed by atoms with Crippen molar-refractivity contribution >= 4 is 0 Å². The molecule has 1 rings (SSSR count). The van der Waals surface area contributed by atoms with E-state index in [0.717, 1.165) is 5.92 Å². The molecule has 0 spiro atoms. The van der Waals surface area contributed by atoms with E-state index in [-0.39, 0.29) is 5.54 Å². The maximum Gasteiger partial charge on any atom is 0.0128 e. The Labute approximate surface area is 76.7 Å². The molecule has 12 heavy (non-hydrogen) atoms. The molecule has 1 aliphatic rings. The van der Waals surface area contributed by atoms with Gasteiger partial charge in [-0.3, -0.25) is 0 Å². The zero-order chi connectivity index (χ0) is 9.03. The number of hydrogen-bond donors (Lipinski definition) is 1. The maximum atomic E-state index is 6.21. The van der Waals surface area contributed by atoms with E-state index >= 15 is 0 Å². The third-order valence-electron chi connectivity index (χ3n) is 3.01. The van der Waals surface area contributed by atoms with Crippen LogP contribution in [-0.2, 0) is 0 Å². The van der Waals surface area contributed by atoms with Gasteiger partial charge in [-0.2, -0.15) is 0 Å². The van der Waals surface area contributed by atoms with E-state index in [4.69, 9.17) is 5.73 Å². The number of hydrogen-bond acceptors (Lipinski definition) is 1. The SMILES string of the molecule is CC1CCCCCCC(C)(N)C1. The van der Waals surface area contributed by atoms with Crippen LogP contribution < -0.4 is 5.73 Å². The molecule has 0 heterocycles. The summed E-state index contributed by atoms with van der Waals surface area (Å²) >= 11 is 0. The first-order valence-electron chi connectivity index (χ1n) is 5.39. The number of nitrogens with two attached hydrogens (primary N) is 1. The second-order valence-electron chi connectivity index (χ2n) is 4.92. The molecule has 0 amide bonds. The Kier molecular flexibility index (Phi) is 3.57. The van der Waals surface area contributed by atoms with Crippen molar-refractivity contribution in [2.45, 2.75) is 64.3 Å². The van der Waals surface area contributed by atoms with Crippen molar-refractivity contribution in [2.75, 3.05) is 0 Å². The summed E-state index contributed by atoms with van der Waals surface area (Å²) in [5.74, 6) is 0.832. The highest BCUT2D eigenvalue weighted by Gasteiger charge is 2.21. The summed E-state index contributed by atoms with van der Waals surface area (Å²) in [6.45, 7) is 4.56. The van der Waals surface area contributed by atoms with Crippen molar-refractivity contribution in [3.63, 3.8) is 0 Å². The monoisotopic (exact) mass is 169 g/mol. The van der Waals surface area contributed by atoms with Crippen LogP contribution in [0.25, 0.3) is 0 Å². The van der Waals surface area contributed by atoms with Gasteiger partial charge in [0.25, 0.3) is 0 Å². The summed E-state index contributed by atoms with van der Waals surface area (Å²) in [5.41, 5.74) is 6.32. The van der Waals surface area contributed by atoms with Crippen LogP contribution in [0.2, 0.25) is 0 Å². The van der Waals surface area contributed by atoms with Crippen molar-refractivity contribution in [3.8, 4) is 0 Å². The van der Waals surface area contributed by atoms with Gasteiger partial charge in [0, 0.05) is 5.54 Å². The largest absolute Gasteiger partial charge is 0.325 e. The highest BCUT2D eigenvalue weighted by molar-refractivity contribution is 4.81. The lowest BCUT2D eigenvalue weighted by molar-refractivity contribution is 0.326. The fraction of sp³-hybridized carbons (Fsp3) is 1.00. The highest BCUT2D eigenvalue weighted by atomic mass is 14.7. The second-order valence-corrected chi connectivity index (χ2v) is 4.92. The first-order chi connectivity index (χ1) is 5.60. The van der Waals surface area contributed by atoms with Gasteiger partial charge in [-0.25, -0.2) is 0 Å². The molecule has 1 aliphatic carbocycles. The van der Waals surface area contributed by atoms with Crippen molar-refractivity contribution in [1.82, 2.24) is 0 Å². The minimum Gasteiger partial charge on any atom is -0.325 e. The standard InChI is InChI=1S/C11H23N/c1-10-7-5-3-4-6-8-11(2,12)9-10/h10H,3-9,12H2,1-2H3. The molecule has 2 N–H and O–H groups in total. The minimum atomic E-state index is 0.115. The molecule has 0 saturated heterocycles. The Bertz CT molecular complexity index is 129. The Morgan fingerprint density at radius 3 is 2.58 bits per heavy atom. The predicted molar refractivity (Wildman–Crippen MR) is 54.1 cm³/mol. The Balaban J connectivity index is 2.44. The smallest absolute Gasteiger partial charge is 0.0128 e. The quantitative estimate of drug-likeness (QED) is 0.592. The molecule has 0 aromatic heterocycles. The molecule has 0 aromatic rings. The minimum absolute atomic E-state index is 0.115. The molecule has 1 nitrogen and oxygen atoms in total. The van der Waals surface area contributed by atoms with E-state index in [1.54, 1.807) is 0 Å². The summed E-state index contributed by atoms with van der Waals surface area (Å²) in [7, 11) is 0. The summed E-state index contributed by atoms with van der Waals surface area (Å²) in [6.07, 6.45) is 9.37. The van der Waals surface area contributed by atoms with Crippen LogP contribution in [0.15, 0.2) is 0 Å². The zero-order valence-corrected chi connectivity index (χ0v) is 8.60. The molecule has 2 unspecified atom stereocenters. The van der Waals surface area contributed by atoms with E-state index in [1.165, 1.54) is 44.9 Å². The van der Waals surface area contributed by atoms with Gasteiger partial charge >= 0.3 is 0 Å². The topological polar surface area (TPSA) is 26.0 Å². The lowest BCUT2D eigenvalue weighted by Gasteiger charge is -2.27. The van der Waals surface area contributed by atoms with E-state index < -0.39 is 0 Å². The van der Waals surface area contributed by atoms with Crippen LogP contribution in [0.3, 0.4) is 0 Å². The van der Waals surface area contributed by atoms with Gasteiger partial charge in [0.2, 0.25) is 0 Å². The van der Waals surface area contributed by atoms with Crippen LogP contribution in [-0.4, -0.2) is 5.54 Å². The van der Waals surface area contributed by atoms with Gasteiger partial charge in [0.15, 0.2) is 0 Å². The average Bonchev–Trinajstić information content (AvgIpc) is 1.99. The van der Waals surface area contributed by atoms with Crippen LogP contribution in [0.5, 0.6) is 0 Å². The van der Waals surface area contributed by atoms with Gasteiger partial charge < -0.3 is 5.73 Å². The summed E-state index contributed by atoms with van der Waals surface area (Å²) < 4.78 is 0. The fourth-order valence-electron chi connectivity index (χ4n) is 2.38. The number of rotatable bonds is 0. The van der Waals surface area contributed by atoms with Crippen LogP contribution in [0.4, 0.5) is 0 Å². The van der Waals surface area contributed by atoms with E-state index in [9.17, 15) is 0 Å². The van der Waals surface area contributed by atoms with Crippen LogP contribution in [0, 0.1) is 5.92 Å². The molecule has 1 fully saturated rings. The molecule has 0 radical (unpaired) electrons. The molecule has 2 atom stereocenters. The fourth-order valence-corrected chi connectivity index (χ4v) is 2.38. The molecule has 1 saturated carbocycles. The molecule has 0 bridgehead atoms. The zero-order valence-electron chi connectivity index (χ0n) is 8.60. The molecular weight excluding hydrogens is 146 g/mol. The van der Waals surface area contributed by atoms with Gasteiger partial charge in [0.1, 0.15) is 0 Å². The summed E-state index contributed by atoms with van der Waals surface area (Å²) in [4.78, 5) is 0. The van der Waals surface area contributed by atoms with Gasteiger partial charge in [0.05, 0.1) is 0 Å². The molecule has 0 aliphatic heterocycles. The van der Waals surface area contributed by atoms with E-state index in [0.29, 0.717) is 0 Å². The van der Waals surface area contributed by atoms with Gasteiger partial charge in [-0.15, -0.1) is 0 Å². The molecular formula is C11H23N. The first-order valence-corrected chi connectivity index (χ1v) is 5.39. The molecule has 72 valence electrons. The lowest BCUT2D eigenvalue weighted by atomic mass is 9.86. The van der Waals surface area contributed by atoms with Gasteiger partial charge in [-0.1, -0.05) is 39.0 Å². The Hall–Kier alpha value is -0.0400. The van der Waals surface area contributed by atoms with Crippen molar-refractivity contribution in [2.24, 2.45) is 11.7 Å². The second kappa shape index (κ2) is 4.27. The maximum absolute atomic E-state index is 6.21. The Morgan fingerprint density at radius 1 is 1.17 bits per heavy atom. The van der Waals surface area contributed by atoms with Crippen LogP contribution >= 0.6 is 0 Å². The first kappa shape index (κ1) is 10.0. The van der Waals surface area contributed by atoms with Crippen LogP contribution in [0.1, 0.15) is 58.8 Å². The van der Waals surface area contributed by atoms with Crippen molar-refractivity contribution in [1.29, 1.82) is 0 Å². The Morgan fingerprint density at radius 2 is 1.83 bits per heavy atom. The lowest BCUT2D eigenvalue weighted by Crippen LogP contribution is -2.37. The summed E-state index contributed by atoms with van der Waals surface area (Å²) in [5, 5.41) is 0. The third kappa shape index (κ3) is 3.57. The van der Waals surface area contributed by atoms with E-state index in [2.05, 4.69) is 13.8 Å². The highest BCUT2D eigenvalue weighted by Crippen LogP contribution is 2.26. The molecule has 1 heteroatoms. The van der Waals surface area contributed by atoms with Gasteiger partial charge in [-0.05, 0) is 25.7 Å². The predicted octanol–water partition coefficient (Wildman–Crippen LogP) is 3.08. The van der Waals surface area contributed by atoms with E-state index in [1.807, 2.05) is 0 Å². The summed E-state index contributed by atoms with van der Waals surface area (Å²) in [6, 6.07) is 0. The normalized spacial score (nSPS) is 39.8. The average molecular weight is 169 g/mol.